The molecule has 2 aromatic rings. The van der Waals surface area contributed by atoms with Crippen molar-refractivity contribution in [3.63, 3.8) is 0 Å². The highest BCUT2D eigenvalue weighted by Gasteiger charge is 2.04. The molecule has 0 atom stereocenters. The summed E-state index contributed by atoms with van der Waals surface area (Å²) < 4.78 is 1.68. The first-order valence-electron chi connectivity index (χ1n) is 4.91. The molecule has 76 valence electrons. The van der Waals surface area contributed by atoms with Gasteiger partial charge in [-0.15, -0.1) is 5.10 Å². The van der Waals surface area contributed by atoms with Crippen LogP contribution >= 0.6 is 0 Å². The van der Waals surface area contributed by atoms with Gasteiger partial charge >= 0.3 is 0 Å². The second kappa shape index (κ2) is 4.50. The van der Waals surface area contributed by atoms with E-state index in [2.05, 4.69) is 22.4 Å². The van der Waals surface area contributed by atoms with Gasteiger partial charge in [-0.3, -0.25) is 0 Å². The largest absolute Gasteiger partial charge is 0.200 e. The Hall–Kier alpha value is -1.97. The molecular formula is C11H12N4. The van der Waals surface area contributed by atoms with E-state index < -0.39 is 0 Å². The van der Waals surface area contributed by atoms with Gasteiger partial charge < -0.3 is 0 Å². The minimum Gasteiger partial charge on any atom is -0.200 e. The molecule has 0 saturated heterocycles. The van der Waals surface area contributed by atoms with Crippen LogP contribution in [0.15, 0.2) is 36.4 Å². The number of hydrogen-bond donors (Lipinski definition) is 0. The fraction of sp³-hybridized carbons (Fsp3) is 0.182. The molecule has 0 bridgehead atoms. The van der Waals surface area contributed by atoms with Crippen LogP contribution < -0.4 is 0 Å². The summed E-state index contributed by atoms with van der Waals surface area (Å²) in [5.74, 6) is 0.764. The average Bonchev–Trinajstić information content (AvgIpc) is 2.75. The molecule has 0 unspecified atom stereocenters. The lowest BCUT2D eigenvalue weighted by Gasteiger charge is -1.97. The van der Waals surface area contributed by atoms with Gasteiger partial charge in [-0.25, -0.2) is 4.68 Å². The first-order valence-corrected chi connectivity index (χ1v) is 4.91. The number of rotatable bonds is 3. The Bertz CT molecular complexity index is 445. The van der Waals surface area contributed by atoms with E-state index in [1.807, 2.05) is 42.6 Å². The number of allylic oxidation sites excluding steroid dienone is 1. The lowest BCUT2D eigenvalue weighted by molar-refractivity contribution is 0.818. The van der Waals surface area contributed by atoms with Crippen LogP contribution in [-0.4, -0.2) is 20.2 Å². The van der Waals surface area contributed by atoms with Crippen LogP contribution in [0, 0.1) is 0 Å². The molecule has 1 heterocycles. The van der Waals surface area contributed by atoms with Crippen LogP contribution in [0.25, 0.3) is 17.6 Å². The van der Waals surface area contributed by atoms with E-state index in [1.54, 1.807) is 4.68 Å². The molecule has 0 aliphatic carbocycles. The third-order valence-electron chi connectivity index (χ3n) is 2.01. The smallest absolute Gasteiger partial charge is 0.186 e. The Balaban J connectivity index is 2.37. The molecular weight excluding hydrogens is 188 g/mol. The molecule has 0 spiro atoms. The predicted molar refractivity (Wildman–Crippen MR) is 58.9 cm³/mol. The number of nitrogens with zero attached hydrogens (tertiary/aromatic N) is 4. The molecule has 0 N–H and O–H groups in total. The average molecular weight is 200 g/mol. The summed E-state index contributed by atoms with van der Waals surface area (Å²) in [5, 5.41) is 11.6. The number of aromatic nitrogens is 4. The fourth-order valence-electron chi connectivity index (χ4n) is 1.28. The SMILES string of the molecule is CCC=Cn1nnnc1-c1ccccc1. The van der Waals surface area contributed by atoms with Gasteiger partial charge in [0, 0.05) is 11.8 Å². The maximum Gasteiger partial charge on any atom is 0.186 e. The van der Waals surface area contributed by atoms with Gasteiger partial charge in [-0.2, -0.15) is 0 Å². The van der Waals surface area contributed by atoms with Gasteiger partial charge in [0.15, 0.2) is 5.82 Å². The molecule has 0 fully saturated rings. The maximum atomic E-state index is 3.99. The zero-order chi connectivity index (χ0) is 10.5. The van der Waals surface area contributed by atoms with Crippen molar-refractivity contribution in [1.82, 2.24) is 20.2 Å². The zero-order valence-corrected chi connectivity index (χ0v) is 8.54. The monoisotopic (exact) mass is 200 g/mol. The van der Waals surface area contributed by atoms with Crippen molar-refractivity contribution in [1.29, 1.82) is 0 Å². The standard InChI is InChI=1S/C11H12N4/c1-2-3-9-15-11(12-13-14-15)10-7-5-4-6-8-10/h3-9H,2H2,1H3. The Morgan fingerprint density at radius 2 is 2.07 bits per heavy atom. The maximum absolute atomic E-state index is 3.99. The van der Waals surface area contributed by atoms with Gasteiger partial charge in [0.25, 0.3) is 0 Å². The molecule has 1 aromatic carbocycles. The fourth-order valence-corrected chi connectivity index (χ4v) is 1.28. The summed E-state index contributed by atoms with van der Waals surface area (Å²) in [6.45, 7) is 2.07. The van der Waals surface area contributed by atoms with Gasteiger partial charge in [0.2, 0.25) is 0 Å². The van der Waals surface area contributed by atoms with E-state index >= 15 is 0 Å². The van der Waals surface area contributed by atoms with E-state index in [0.29, 0.717) is 0 Å². The lowest BCUT2D eigenvalue weighted by atomic mass is 10.2. The van der Waals surface area contributed by atoms with Crippen LogP contribution in [0.2, 0.25) is 0 Å². The van der Waals surface area contributed by atoms with Crippen molar-refractivity contribution in [3.8, 4) is 11.4 Å². The lowest BCUT2D eigenvalue weighted by Crippen LogP contribution is -1.93. The number of tetrazole rings is 1. The molecule has 2 rings (SSSR count). The Morgan fingerprint density at radius 1 is 1.27 bits per heavy atom. The van der Waals surface area contributed by atoms with Gasteiger partial charge in [-0.1, -0.05) is 43.3 Å². The second-order valence-electron chi connectivity index (χ2n) is 3.11. The highest BCUT2D eigenvalue weighted by Crippen LogP contribution is 2.14. The zero-order valence-electron chi connectivity index (χ0n) is 8.54. The number of hydrogen-bond acceptors (Lipinski definition) is 3. The van der Waals surface area contributed by atoms with Crippen molar-refractivity contribution in [2.75, 3.05) is 0 Å². The summed E-state index contributed by atoms with van der Waals surface area (Å²) in [4.78, 5) is 0. The van der Waals surface area contributed by atoms with E-state index in [-0.39, 0.29) is 0 Å². The molecule has 0 radical (unpaired) electrons. The molecule has 0 aliphatic rings. The Morgan fingerprint density at radius 3 is 2.80 bits per heavy atom. The van der Waals surface area contributed by atoms with Crippen molar-refractivity contribution in [2.45, 2.75) is 13.3 Å². The molecule has 0 amide bonds. The normalized spacial score (nSPS) is 11.0. The molecule has 15 heavy (non-hydrogen) atoms. The first-order chi connectivity index (χ1) is 7.42. The van der Waals surface area contributed by atoms with Crippen LogP contribution in [-0.2, 0) is 0 Å². The van der Waals surface area contributed by atoms with E-state index in [9.17, 15) is 0 Å². The minimum absolute atomic E-state index is 0.764. The van der Waals surface area contributed by atoms with Crippen LogP contribution in [0.1, 0.15) is 13.3 Å². The van der Waals surface area contributed by atoms with E-state index in [4.69, 9.17) is 0 Å². The molecule has 0 aliphatic heterocycles. The highest BCUT2D eigenvalue weighted by atomic mass is 15.5. The van der Waals surface area contributed by atoms with Crippen LogP contribution in [0.4, 0.5) is 0 Å². The summed E-state index contributed by atoms with van der Waals surface area (Å²) >= 11 is 0. The third-order valence-corrected chi connectivity index (χ3v) is 2.01. The summed E-state index contributed by atoms with van der Waals surface area (Å²) in [6, 6.07) is 9.89. The van der Waals surface area contributed by atoms with E-state index in [0.717, 1.165) is 17.8 Å². The third kappa shape index (κ3) is 2.10. The second-order valence-corrected chi connectivity index (χ2v) is 3.11. The Labute approximate surface area is 88.2 Å². The van der Waals surface area contributed by atoms with Gasteiger partial charge in [-0.05, 0) is 16.8 Å². The molecule has 4 nitrogen and oxygen atoms in total. The predicted octanol–water partition coefficient (Wildman–Crippen LogP) is 2.22. The summed E-state index contributed by atoms with van der Waals surface area (Å²) in [7, 11) is 0. The van der Waals surface area contributed by atoms with E-state index in [1.165, 1.54) is 0 Å². The highest BCUT2D eigenvalue weighted by molar-refractivity contribution is 5.56. The Kier molecular flexibility index (Phi) is 2.88. The quantitative estimate of drug-likeness (QED) is 0.763. The van der Waals surface area contributed by atoms with Crippen molar-refractivity contribution < 1.29 is 0 Å². The van der Waals surface area contributed by atoms with Gasteiger partial charge in [0.05, 0.1) is 0 Å². The number of benzene rings is 1. The minimum atomic E-state index is 0.764. The molecule has 4 heteroatoms. The van der Waals surface area contributed by atoms with Crippen molar-refractivity contribution in [3.05, 3.63) is 36.4 Å². The first kappa shape index (κ1) is 9.58. The topological polar surface area (TPSA) is 43.6 Å². The van der Waals surface area contributed by atoms with Crippen LogP contribution in [0.3, 0.4) is 0 Å². The molecule has 0 saturated carbocycles. The van der Waals surface area contributed by atoms with Crippen molar-refractivity contribution >= 4 is 6.20 Å². The molecule has 1 aromatic heterocycles. The van der Waals surface area contributed by atoms with Gasteiger partial charge in [0.1, 0.15) is 0 Å². The summed E-state index contributed by atoms with van der Waals surface area (Å²) in [5.41, 5.74) is 1.02. The van der Waals surface area contributed by atoms with Crippen LogP contribution in [0.5, 0.6) is 0 Å². The van der Waals surface area contributed by atoms with Crippen molar-refractivity contribution in [2.24, 2.45) is 0 Å². The summed E-state index contributed by atoms with van der Waals surface area (Å²) in [6.07, 6.45) is 4.86.